The van der Waals surface area contributed by atoms with Gasteiger partial charge in [0.2, 0.25) is 0 Å². The number of nitrogens with zero attached hydrogens (tertiary/aromatic N) is 1. The van der Waals surface area contributed by atoms with Gasteiger partial charge in [-0.05, 0) is 29.9 Å². The van der Waals surface area contributed by atoms with Crippen LogP contribution in [0.25, 0.3) is 10.9 Å². The molecule has 0 bridgehead atoms. The van der Waals surface area contributed by atoms with Crippen LogP contribution in [-0.4, -0.2) is 22.5 Å². The van der Waals surface area contributed by atoms with Gasteiger partial charge in [0.1, 0.15) is 0 Å². The third-order valence-electron chi connectivity index (χ3n) is 2.76. The zero-order valence-electron chi connectivity index (χ0n) is 10.1. The third kappa shape index (κ3) is 3.20. The number of hydrogen-bond donors (Lipinski definition) is 1. The molecule has 90 valence electrons. The molecule has 1 aromatic carbocycles. The monoisotopic (exact) mass is 246 g/mol. The van der Waals surface area contributed by atoms with Crippen LogP contribution in [0.4, 0.5) is 0 Å². The normalized spacial score (nSPS) is 12.8. The average molecular weight is 246 g/mol. The van der Waals surface area contributed by atoms with E-state index < -0.39 is 0 Å². The van der Waals surface area contributed by atoms with Crippen molar-refractivity contribution in [3.05, 3.63) is 42.1 Å². The Morgan fingerprint density at radius 3 is 2.94 bits per heavy atom. The highest BCUT2D eigenvalue weighted by atomic mass is 32.2. The fourth-order valence-corrected chi connectivity index (χ4v) is 2.60. The van der Waals surface area contributed by atoms with Gasteiger partial charge >= 0.3 is 0 Å². The molecule has 3 heteroatoms. The number of fused-ring (bicyclic) bond motifs is 1. The summed E-state index contributed by atoms with van der Waals surface area (Å²) in [4.78, 5) is 4.37. The number of rotatable bonds is 5. The fraction of sp³-hybridized carbons (Fsp3) is 0.357. The summed E-state index contributed by atoms with van der Waals surface area (Å²) in [5, 5.41) is 1.23. The largest absolute Gasteiger partial charge is 0.327 e. The van der Waals surface area contributed by atoms with Crippen LogP contribution in [0.1, 0.15) is 12.5 Å². The second-order valence-corrected chi connectivity index (χ2v) is 5.43. The molecule has 0 aliphatic rings. The van der Waals surface area contributed by atoms with Gasteiger partial charge < -0.3 is 5.73 Å². The van der Waals surface area contributed by atoms with E-state index in [1.54, 1.807) is 0 Å². The summed E-state index contributed by atoms with van der Waals surface area (Å²) >= 11 is 1.90. The molecular weight excluding hydrogens is 228 g/mol. The van der Waals surface area contributed by atoms with Crippen LogP contribution in [0.15, 0.2) is 36.5 Å². The molecule has 17 heavy (non-hydrogen) atoms. The van der Waals surface area contributed by atoms with Crippen molar-refractivity contribution in [3.63, 3.8) is 0 Å². The highest BCUT2D eigenvalue weighted by molar-refractivity contribution is 7.99. The second-order valence-electron chi connectivity index (χ2n) is 4.11. The van der Waals surface area contributed by atoms with E-state index >= 15 is 0 Å². The number of para-hydroxylation sites is 1. The van der Waals surface area contributed by atoms with Crippen molar-refractivity contribution in [2.24, 2.45) is 5.73 Å². The van der Waals surface area contributed by atoms with Crippen LogP contribution < -0.4 is 5.73 Å². The first kappa shape index (κ1) is 12.4. The number of thioether (sulfide) groups is 1. The standard InChI is InChI=1S/C14H18N2S/c1-2-17-10-12(15)9-11-7-8-16-14-6-4-3-5-13(11)14/h3-8,12H,2,9-10,15H2,1H3. The smallest absolute Gasteiger partial charge is 0.0704 e. The molecule has 2 N–H and O–H groups in total. The van der Waals surface area contributed by atoms with Crippen molar-refractivity contribution in [3.8, 4) is 0 Å². The molecule has 1 atom stereocenters. The molecule has 0 radical (unpaired) electrons. The maximum absolute atomic E-state index is 6.14. The van der Waals surface area contributed by atoms with Crippen LogP contribution in [-0.2, 0) is 6.42 Å². The Morgan fingerprint density at radius 1 is 1.29 bits per heavy atom. The number of pyridine rings is 1. The van der Waals surface area contributed by atoms with Crippen LogP contribution in [0, 0.1) is 0 Å². The van der Waals surface area contributed by atoms with Gasteiger partial charge in [0.05, 0.1) is 5.52 Å². The molecule has 2 aromatic rings. The first-order chi connectivity index (χ1) is 8.31. The number of aromatic nitrogens is 1. The zero-order valence-corrected chi connectivity index (χ0v) is 10.9. The fourth-order valence-electron chi connectivity index (χ4n) is 1.94. The van der Waals surface area contributed by atoms with E-state index in [1.165, 1.54) is 10.9 Å². The molecule has 1 unspecified atom stereocenters. The third-order valence-corrected chi connectivity index (χ3v) is 3.83. The van der Waals surface area contributed by atoms with Gasteiger partial charge in [0.15, 0.2) is 0 Å². The van der Waals surface area contributed by atoms with Crippen molar-refractivity contribution in [2.45, 2.75) is 19.4 Å². The number of nitrogens with two attached hydrogens (primary N) is 1. The van der Waals surface area contributed by atoms with Crippen LogP contribution in [0.2, 0.25) is 0 Å². The Kier molecular flexibility index (Phi) is 4.40. The summed E-state index contributed by atoms with van der Waals surface area (Å²) in [5.74, 6) is 2.15. The van der Waals surface area contributed by atoms with Crippen LogP contribution in [0.3, 0.4) is 0 Å². The maximum Gasteiger partial charge on any atom is 0.0704 e. The van der Waals surface area contributed by atoms with Gasteiger partial charge in [0.25, 0.3) is 0 Å². The van der Waals surface area contributed by atoms with Gasteiger partial charge in [-0.25, -0.2) is 0 Å². The van der Waals surface area contributed by atoms with Crippen molar-refractivity contribution in [2.75, 3.05) is 11.5 Å². The van der Waals surface area contributed by atoms with Crippen molar-refractivity contribution in [1.29, 1.82) is 0 Å². The summed E-state index contributed by atoms with van der Waals surface area (Å²) in [7, 11) is 0. The molecule has 0 fully saturated rings. The lowest BCUT2D eigenvalue weighted by Crippen LogP contribution is -2.25. The predicted octanol–water partition coefficient (Wildman–Crippen LogP) is 2.86. The van der Waals surface area contributed by atoms with Gasteiger partial charge in [-0.3, -0.25) is 4.98 Å². The highest BCUT2D eigenvalue weighted by Gasteiger charge is 2.07. The SMILES string of the molecule is CCSCC(N)Cc1ccnc2ccccc12. The predicted molar refractivity (Wildman–Crippen MR) is 76.4 cm³/mol. The number of hydrogen-bond acceptors (Lipinski definition) is 3. The second kappa shape index (κ2) is 6.03. The molecule has 1 heterocycles. The lowest BCUT2D eigenvalue weighted by atomic mass is 10.0. The maximum atomic E-state index is 6.14. The van der Waals surface area contributed by atoms with Gasteiger partial charge in [-0.15, -0.1) is 0 Å². The molecule has 1 aromatic heterocycles. The topological polar surface area (TPSA) is 38.9 Å². The summed E-state index contributed by atoms with van der Waals surface area (Å²) in [6.45, 7) is 2.17. The van der Waals surface area contributed by atoms with Gasteiger partial charge in [-0.1, -0.05) is 25.1 Å². The van der Waals surface area contributed by atoms with Gasteiger partial charge in [0, 0.05) is 23.4 Å². The van der Waals surface area contributed by atoms with Crippen molar-refractivity contribution in [1.82, 2.24) is 4.98 Å². The first-order valence-corrected chi connectivity index (χ1v) is 7.12. The van der Waals surface area contributed by atoms with E-state index in [2.05, 4.69) is 30.1 Å². The lowest BCUT2D eigenvalue weighted by molar-refractivity contribution is 0.752. The van der Waals surface area contributed by atoms with E-state index in [9.17, 15) is 0 Å². The Morgan fingerprint density at radius 2 is 2.12 bits per heavy atom. The summed E-state index contributed by atoms with van der Waals surface area (Å²) in [5.41, 5.74) is 8.50. The van der Waals surface area contributed by atoms with E-state index in [0.29, 0.717) is 0 Å². The Hall–Kier alpha value is -1.06. The molecule has 0 aliphatic carbocycles. The van der Waals surface area contributed by atoms with Gasteiger partial charge in [-0.2, -0.15) is 11.8 Å². The summed E-state index contributed by atoms with van der Waals surface area (Å²) in [6, 6.07) is 10.6. The quantitative estimate of drug-likeness (QED) is 0.881. The van der Waals surface area contributed by atoms with E-state index in [0.717, 1.165) is 23.4 Å². The van der Waals surface area contributed by atoms with Crippen LogP contribution in [0.5, 0.6) is 0 Å². The van der Waals surface area contributed by atoms with Crippen molar-refractivity contribution >= 4 is 22.7 Å². The summed E-state index contributed by atoms with van der Waals surface area (Å²) < 4.78 is 0. The molecule has 0 amide bonds. The molecule has 0 spiro atoms. The van der Waals surface area contributed by atoms with Crippen molar-refractivity contribution < 1.29 is 0 Å². The minimum Gasteiger partial charge on any atom is -0.327 e. The lowest BCUT2D eigenvalue weighted by Gasteiger charge is -2.12. The molecule has 0 aliphatic heterocycles. The Labute approximate surface area is 107 Å². The highest BCUT2D eigenvalue weighted by Crippen LogP contribution is 2.18. The minimum absolute atomic E-state index is 0.228. The number of benzene rings is 1. The molecular formula is C14H18N2S. The zero-order chi connectivity index (χ0) is 12.1. The Balaban J connectivity index is 2.18. The van der Waals surface area contributed by atoms with E-state index in [1.807, 2.05) is 30.1 Å². The molecule has 0 saturated heterocycles. The molecule has 2 nitrogen and oxygen atoms in total. The summed E-state index contributed by atoms with van der Waals surface area (Å²) in [6.07, 6.45) is 2.80. The van der Waals surface area contributed by atoms with E-state index in [4.69, 9.17) is 5.73 Å². The minimum atomic E-state index is 0.228. The Bertz CT molecular complexity index is 479. The first-order valence-electron chi connectivity index (χ1n) is 5.97. The van der Waals surface area contributed by atoms with E-state index in [-0.39, 0.29) is 6.04 Å². The molecule has 0 saturated carbocycles. The average Bonchev–Trinajstić information content (AvgIpc) is 2.37. The van der Waals surface area contributed by atoms with Crippen LogP contribution >= 0.6 is 11.8 Å². The molecule has 2 rings (SSSR count).